The second-order valence-corrected chi connectivity index (χ2v) is 11.3. The van der Waals surface area contributed by atoms with Gasteiger partial charge < -0.3 is 15.5 Å². The molecule has 0 spiro atoms. The summed E-state index contributed by atoms with van der Waals surface area (Å²) >= 11 is 1.43. The van der Waals surface area contributed by atoms with E-state index in [1.165, 1.54) is 11.3 Å². The number of nitrogens with one attached hydrogen (secondary N) is 2. The number of hydrogen-bond donors (Lipinski definition) is 2. The lowest BCUT2D eigenvalue weighted by atomic mass is 9.73. The van der Waals surface area contributed by atoms with E-state index in [9.17, 15) is 22.8 Å². The summed E-state index contributed by atoms with van der Waals surface area (Å²) in [7, 11) is 0. The maximum atomic E-state index is 13.6. The lowest BCUT2D eigenvalue weighted by Crippen LogP contribution is -2.47. The first kappa shape index (κ1) is 27.4. The Morgan fingerprint density at radius 1 is 0.923 bits per heavy atom. The molecule has 3 aromatic rings. The third kappa shape index (κ3) is 5.89. The number of fused-ring (bicyclic) bond motifs is 3. The van der Waals surface area contributed by atoms with Gasteiger partial charge in [-0.05, 0) is 65.9 Å². The molecule has 0 unspecified atom stereocenters. The molecule has 0 radical (unpaired) electrons. The smallest absolute Gasteiger partial charge is 0.349 e. The first-order valence-electron chi connectivity index (χ1n) is 13.4. The van der Waals surface area contributed by atoms with Gasteiger partial charge in [-0.15, -0.1) is 11.3 Å². The molecule has 1 aliphatic heterocycles. The van der Waals surface area contributed by atoms with Crippen LogP contribution in [0.5, 0.6) is 0 Å². The summed E-state index contributed by atoms with van der Waals surface area (Å²) in [5.74, 6) is -0.616. The minimum atomic E-state index is -4.48. The summed E-state index contributed by atoms with van der Waals surface area (Å²) < 4.78 is 39.2. The number of amides is 2. The molecule has 0 bridgehead atoms. The number of alkyl halides is 3. The van der Waals surface area contributed by atoms with Crippen molar-refractivity contribution in [3.8, 4) is 11.1 Å². The highest BCUT2D eigenvalue weighted by atomic mass is 32.1. The average Bonchev–Trinajstić information content (AvgIpc) is 3.57. The minimum absolute atomic E-state index is 0.0188. The quantitative estimate of drug-likeness (QED) is 0.330. The molecule has 1 saturated heterocycles. The highest BCUT2D eigenvalue weighted by Gasteiger charge is 2.49. The van der Waals surface area contributed by atoms with Crippen molar-refractivity contribution in [2.45, 2.75) is 49.7 Å². The van der Waals surface area contributed by atoms with Crippen LogP contribution < -0.4 is 10.6 Å². The van der Waals surface area contributed by atoms with Gasteiger partial charge in [-0.2, -0.15) is 13.2 Å². The van der Waals surface area contributed by atoms with Crippen molar-refractivity contribution in [1.82, 2.24) is 15.5 Å². The van der Waals surface area contributed by atoms with Crippen molar-refractivity contribution in [3.63, 3.8) is 0 Å². The number of piperidine rings is 1. The van der Waals surface area contributed by atoms with Crippen LogP contribution in [-0.4, -0.2) is 55.1 Å². The Hall–Kier alpha value is -3.17. The van der Waals surface area contributed by atoms with Gasteiger partial charge in [-0.1, -0.05) is 61.0 Å². The third-order valence-electron chi connectivity index (χ3n) is 7.84. The van der Waals surface area contributed by atoms with Gasteiger partial charge in [-0.3, -0.25) is 9.59 Å². The standard InChI is InChI=1S/C30H32F3N3O2S/c31-30(32,33)20-34-28(38)29(24-10-3-1-8-22(24)23-9-2-4-11-25(23)29)15-5-6-16-36-17-13-21(14-18-36)35-27(37)26-12-7-19-39-26/h1-4,7-12,19,21H,5-6,13-18,20H2,(H,34,38)(H,35,37). The van der Waals surface area contributed by atoms with E-state index in [1.807, 2.05) is 66.0 Å². The lowest BCUT2D eigenvalue weighted by Gasteiger charge is -2.33. The van der Waals surface area contributed by atoms with E-state index < -0.39 is 24.0 Å². The number of carbonyl (C=O) groups excluding carboxylic acids is 2. The van der Waals surface area contributed by atoms with Crippen molar-refractivity contribution in [1.29, 1.82) is 0 Å². The molecule has 0 saturated carbocycles. The number of rotatable bonds is 9. The van der Waals surface area contributed by atoms with E-state index in [0.717, 1.165) is 66.0 Å². The van der Waals surface area contributed by atoms with E-state index in [0.29, 0.717) is 12.8 Å². The van der Waals surface area contributed by atoms with Crippen LogP contribution in [0.15, 0.2) is 66.0 Å². The average molecular weight is 556 g/mol. The molecule has 1 fully saturated rings. The van der Waals surface area contributed by atoms with Crippen molar-refractivity contribution in [3.05, 3.63) is 82.0 Å². The number of thiophene rings is 1. The molecule has 0 atom stereocenters. The van der Waals surface area contributed by atoms with Gasteiger partial charge in [0, 0.05) is 19.1 Å². The van der Waals surface area contributed by atoms with Crippen molar-refractivity contribution in [2.24, 2.45) is 0 Å². The Balaban J connectivity index is 1.22. The van der Waals surface area contributed by atoms with Crippen LogP contribution in [0.25, 0.3) is 11.1 Å². The molecule has 2 amide bonds. The van der Waals surface area contributed by atoms with Crippen LogP contribution in [0.2, 0.25) is 0 Å². The molecule has 5 nitrogen and oxygen atoms in total. The number of halogens is 3. The summed E-state index contributed by atoms with van der Waals surface area (Å²) in [6, 6.07) is 19.0. The zero-order valence-electron chi connectivity index (χ0n) is 21.6. The first-order chi connectivity index (χ1) is 18.8. The number of hydrogen-bond acceptors (Lipinski definition) is 4. The maximum Gasteiger partial charge on any atom is 0.405 e. The predicted molar refractivity (Wildman–Crippen MR) is 147 cm³/mol. The van der Waals surface area contributed by atoms with Crippen LogP contribution in [0, 0.1) is 0 Å². The van der Waals surface area contributed by atoms with Crippen LogP contribution in [-0.2, 0) is 10.2 Å². The summed E-state index contributed by atoms with van der Waals surface area (Å²) in [6.45, 7) is 1.24. The van der Waals surface area contributed by atoms with Gasteiger partial charge in [0.15, 0.2) is 0 Å². The van der Waals surface area contributed by atoms with Crippen molar-refractivity contribution >= 4 is 23.2 Å². The Kier molecular flexibility index (Phi) is 8.09. The molecule has 206 valence electrons. The Bertz CT molecular complexity index is 1260. The summed E-state index contributed by atoms with van der Waals surface area (Å²) in [5.41, 5.74) is 2.20. The fraction of sp³-hybridized carbons (Fsp3) is 0.400. The Morgan fingerprint density at radius 2 is 1.56 bits per heavy atom. The highest BCUT2D eigenvalue weighted by Crippen LogP contribution is 2.51. The molecule has 1 aliphatic carbocycles. The number of unbranched alkanes of at least 4 members (excludes halogenated alkanes) is 1. The normalized spacial score (nSPS) is 16.9. The SMILES string of the molecule is O=C(NC1CCN(CCCCC2(C(=O)NCC(F)(F)F)c3ccccc3-c3ccccc32)CC1)c1cccs1. The van der Waals surface area contributed by atoms with E-state index in [-0.39, 0.29) is 11.9 Å². The molecule has 2 aliphatic rings. The number of benzene rings is 2. The molecule has 2 N–H and O–H groups in total. The fourth-order valence-corrected chi connectivity index (χ4v) is 6.60. The van der Waals surface area contributed by atoms with Gasteiger partial charge >= 0.3 is 6.18 Å². The van der Waals surface area contributed by atoms with Gasteiger partial charge in [0.05, 0.1) is 4.88 Å². The summed E-state index contributed by atoms with van der Waals surface area (Å²) in [4.78, 5) is 29.0. The Morgan fingerprint density at radius 3 is 2.15 bits per heavy atom. The van der Waals surface area contributed by atoms with Crippen molar-refractivity contribution in [2.75, 3.05) is 26.2 Å². The molecule has 2 aromatic carbocycles. The fourth-order valence-electron chi connectivity index (χ4n) is 5.98. The largest absolute Gasteiger partial charge is 0.405 e. The van der Waals surface area contributed by atoms with Crippen molar-refractivity contribution < 1.29 is 22.8 Å². The topological polar surface area (TPSA) is 61.4 Å². The van der Waals surface area contributed by atoms with Crippen LogP contribution >= 0.6 is 11.3 Å². The zero-order valence-corrected chi connectivity index (χ0v) is 22.4. The third-order valence-corrected chi connectivity index (χ3v) is 8.71. The molecular weight excluding hydrogens is 523 g/mol. The molecule has 2 heterocycles. The second-order valence-electron chi connectivity index (χ2n) is 10.3. The predicted octanol–water partition coefficient (Wildman–Crippen LogP) is 5.76. The number of likely N-dealkylation sites (tertiary alicyclic amines) is 1. The molecule has 39 heavy (non-hydrogen) atoms. The molecule has 5 rings (SSSR count). The second kappa shape index (κ2) is 11.5. The molecule has 1 aromatic heterocycles. The number of carbonyl (C=O) groups is 2. The monoisotopic (exact) mass is 555 g/mol. The van der Waals surface area contributed by atoms with Crippen LogP contribution in [0.1, 0.15) is 52.9 Å². The summed E-state index contributed by atoms with van der Waals surface area (Å²) in [5, 5.41) is 7.22. The molecular formula is C30H32F3N3O2S. The minimum Gasteiger partial charge on any atom is -0.349 e. The van der Waals surface area contributed by atoms with Crippen LogP contribution in [0.4, 0.5) is 13.2 Å². The summed E-state index contributed by atoms with van der Waals surface area (Å²) in [6.07, 6.45) is -0.785. The van der Waals surface area contributed by atoms with Crippen LogP contribution in [0.3, 0.4) is 0 Å². The first-order valence-corrected chi connectivity index (χ1v) is 14.3. The van der Waals surface area contributed by atoms with E-state index in [1.54, 1.807) is 0 Å². The molecule has 9 heteroatoms. The van der Waals surface area contributed by atoms with E-state index in [4.69, 9.17) is 0 Å². The maximum absolute atomic E-state index is 13.6. The van der Waals surface area contributed by atoms with E-state index >= 15 is 0 Å². The van der Waals surface area contributed by atoms with Gasteiger partial charge in [0.2, 0.25) is 5.91 Å². The number of nitrogens with zero attached hydrogens (tertiary/aromatic N) is 1. The highest BCUT2D eigenvalue weighted by molar-refractivity contribution is 7.12. The zero-order chi connectivity index (χ0) is 27.5. The van der Waals surface area contributed by atoms with E-state index in [2.05, 4.69) is 15.5 Å². The Labute approximate surface area is 230 Å². The van der Waals surface area contributed by atoms with Gasteiger partial charge in [0.25, 0.3) is 5.91 Å². The van der Waals surface area contributed by atoms with Gasteiger partial charge in [0.1, 0.15) is 12.0 Å². The lowest BCUT2D eigenvalue weighted by molar-refractivity contribution is -0.141. The van der Waals surface area contributed by atoms with Gasteiger partial charge in [-0.25, -0.2) is 0 Å².